The van der Waals surface area contributed by atoms with Gasteiger partial charge in [-0.2, -0.15) is 0 Å². The molecule has 5 nitrogen and oxygen atoms in total. The van der Waals surface area contributed by atoms with Gasteiger partial charge >= 0.3 is 12.1 Å². The minimum atomic E-state index is -1.09. The maximum absolute atomic E-state index is 12.8. The summed E-state index contributed by atoms with van der Waals surface area (Å²) in [5, 5.41) is 9.51. The summed E-state index contributed by atoms with van der Waals surface area (Å²) in [6.45, 7) is 0.429. The number of carbonyl (C=O) groups excluding carboxylic acids is 1. The molecule has 5 heteroatoms. The van der Waals surface area contributed by atoms with Gasteiger partial charge in [-0.15, -0.1) is 0 Å². The van der Waals surface area contributed by atoms with Crippen LogP contribution in [0, 0.1) is 0 Å². The van der Waals surface area contributed by atoms with Crippen LogP contribution in [0.3, 0.4) is 0 Å². The zero-order valence-corrected chi connectivity index (χ0v) is 15.3. The topological polar surface area (TPSA) is 66.8 Å². The number of ether oxygens (including phenoxy) is 1. The number of hydrogen-bond donors (Lipinski definition) is 1. The second kappa shape index (κ2) is 9.37. The van der Waals surface area contributed by atoms with E-state index in [1.54, 1.807) is 18.2 Å². The Bertz CT molecular complexity index is 926. The number of rotatable bonds is 7. The maximum atomic E-state index is 12.8. The monoisotopic (exact) mass is 375 g/mol. The third-order valence-electron chi connectivity index (χ3n) is 4.32. The van der Waals surface area contributed by atoms with Crippen molar-refractivity contribution >= 4 is 17.7 Å². The third-order valence-corrected chi connectivity index (χ3v) is 4.32. The highest BCUT2D eigenvalue weighted by Crippen LogP contribution is 2.22. The maximum Gasteiger partial charge on any atom is 0.414 e. The zero-order valence-electron chi connectivity index (χ0n) is 15.3. The summed E-state index contributed by atoms with van der Waals surface area (Å²) in [5.74, 6) is -1.09. The van der Waals surface area contributed by atoms with Crippen LogP contribution in [0.1, 0.15) is 21.5 Å². The van der Waals surface area contributed by atoms with E-state index in [2.05, 4.69) is 0 Å². The van der Waals surface area contributed by atoms with Crippen molar-refractivity contribution in [3.63, 3.8) is 0 Å². The number of amides is 1. The van der Waals surface area contributed by atoms with Gasteiger partial charge in [0.05, 0.1) is 11.3 Å². The number of aromatic carboxylic acids is 1. The van der Waals surface area contributed by atoms with E-state index in [1.807, 2.05) is 60.7 Å². The van der Waals surface area contributed by atoms with Gasteiger partial charge in [0, 0.05) is 6.54 Å². The molecular weight excluding hydrogens is 354 g/mol. The Morgan fingerprint density at radius 3 is 2.00 bits per heavy atom. The molecule has 28 heavy (non-hydrogen) atoms. The second-order valence-corrected chi connectivity index (χ2v) is 6.25. The summed E-state index contributed by atoms with van der Waals surface area (Å²) in [4.78, 5) is 25.8. The molecule has 0 bridgehead atoms. The highest BCUT2D eigenvalue weighted by Gasteiger charge is 2.22. The van der Waals surface area contributed by atoms with Crippen LogP contribution in [0.25, 0.3) is 0 Å². The van der Waals surface area contributed by atoms with E-state index in [4.69, 9.17) is 4.74 Å². The van der Waals surface area contributed by atoms with E-state index in [0.717, 1.165) is 11.1 Å². The molecule has 0 fully saturated rings. The molecule has 0 unspecified atom stereocenters. The molecule has 0 saturated heterocycles. The number of anilines is 1. The van der Waals surface area contributed by atoms with Gasteiger partial charge in [-0.25, -0.2) is 9.59 Å². The first-order valence-electron chi connectivity index (χ1n) is 8.99. The summed E-state index contributed by atoms with van der Waals surface area (Å²) in [6, 6.07) is 25.5. The minimum absolute atomic E-state index is 0.0622. The average Bonchev–Trinajstić information content (AvgIpc) is 2.74. The Balaban J connectivity index is 1.81. The highest BCUT2D eigenvalue weighted by molar-refractivity contribution is 5.99. The van der Waals surface area contributed by atoms with Gasteiger partial charge in [-0.3, -0.25) is 4.90 Å². The Hall–Kier alpha value is -3.60. The van der Waals surface area contributed by atoms with Crippen LogP contribution < -0.4 is 4.90 Å². The van der Waals surface area contributed by atoms with Crippen molar-refractivity contribution in [2.24, 2.45) is 0 Å². The number of carbonyl (C=O) groups is 2. The molecule has 3 rings (SSSR count). The van der Waals surface area contributed by atoms with Gasteiger partial charge in [-0.1, -0.05) is 72.8 Å². The van der Waals surface area contributed by atoms with Crippen LogP contribution in [0.2, 0.25) is 0 Å². The molecule has 3 aromatic carbocycles. The van der Waals surface area contributed by atoms with Gasteiger partial charge in [-0.05, 0) is 29.7 Å². The molecule has 0 aliphatic carbocycles. The van der Waals surface area contributed by atoms with Crippen molar-refractivity contribution in [3.8, 4) is 0 Å². The molecular formula is C23H21NO4. The SMILES string of the molecule is O=C(O)c1ccccc1N(CCc1ccccc1)C(=O)OCc1ccccc1. The summed E-state index contributed by atoms with van der Waals surface area (Å²) in [7, 11) is 0. The van der Waals surface area contributed by atoms with Crippen molar-refractivity contribution < 1.29 is 19.4 Å². The average molecular weight is 375 g/mol. The van der Waals surface area contributed by atoms with Crippen LogP contribution >= 0.6 is 0 Å². The predicted molar refractivity (Wildman–Crippen MR) is 108 cm³/mol. The first kappa shape index (κ1) is 19.2. The number of nitrogens with zero attached hydrogens (tertiary/aromatic N) is 1. The van der Waals surface area contributed by atoms with E-state index >= 15 is 0 Å². The summed E-state index contributed by atoms with van der Waals surface area (Å²) >= 11 is 0. The van der Waals surface area contributed by atoms with Gasteiger partial charge < -0.3 is 9.84 Å². The van der Waals surface area contributed by atoms with E-state index in [0.29, 0.717) is 18.7 Å². The van der Waals surface area contributed by atoms with Crippen LogP contribution in [0.4, 0.5) is 10.5 Å². The Morgan fingerprint density at radius 2 is 1.36 bits per heavy atom. The van der Waals surface area contributed by atoms with E-state index in [-0.39, 0.29) is 12.2 Å². The first-order valence-corrected chi connectivity index (χ1v) is 8.99. The lowest BCUT2D eigenvalue weighted by Gasteiger charge is -2.24. The van der Waals surface area contributed by atoms with Crippen LogP contribution in [-0.4, -0.2) is 23.7 Å². The molecule has 0 aliphatic heterocycles. The lowest BCUT2D eigenvalue weighted by Crippen LogP contribution is -2.34. The van der Waals surface area contributed by atoms with E-state index < -0.39 is 12.1 Å². The fourth-order valence-corrected chi connectivity index (χ4v) is 2.88. The van der Waals surface area contributed by atoms with E-state index in [1.165, 1.54) is 11.0 Å². The molecule has 1 N–H and O–H groups in total. The van der Waals surface area contributed by atoms with Gasteiger partial charge in [0.15, 0.2) is 0 Å². The van der Waals surface area contributed by atoms with Crippen LogP contribution in [0.15, 0.2) is 84.9 Å². The largest absolute Gasteiger partial charge is 0.478 e. The summed E-state index contributed by atoms with van der Waals surface area (Å²) < 4.78 is 5.46. The van der Waals surface area contributed by atoms with Crippen molar-refractivity contribution in [1.29, 1.82) is 0 Å². The highest BCUT2D eigenvalue weighted by atomic mass is 16.6. The summed E-state index contributed by atoms with van der Waals surface area (Å²) in [5.41, 5.74) is 2.30. The lowest BCUT2D eigenvalue weighted by atomic mass is 10.1. The Kier molecular flexibility index (Phi) is 6.41. The van der Waals surface area contributed by atoms with E-state index in [9.17, 15) is 14.7 Å². The fourth-order valence-electron chi connectivity index (χ4n) is 2.88. The normalized spacial score (nSPS) is 10.3. The summed E-state index contributed by atoms with van der Waals surface area (Å²) in [6.07, 6.45) is 0.00312. The van der Waals surface area contributed by atoms with Gasteiger partial charge in [0.2, 0.25) is 0 Å². The molecule has 0 radical (unpaired) electrons. The van der Waals surface area contributed by atoms with Crippen LogP contribution in [-0.2, 0) is 17.8 Å². The number of hydrogen-bond acceptors (Lipinski definition) is 3. The molecule has 0 aliphatic rings. The van der Waals surface area contributed by atoms with Crippen molar-refractivity contribution in [3.05, 3.63) is 102 Å². The fraction of sp³-hybridized carbons (Fsp3) is 0.130. The van der Waals surface area contributed by atoms with Gasteiger partial charge in [0.1, 0.15) is 6.61 Å². The minimum Gasteiger partial charge on any atom is -0.478 e. The Morgan fingerprint density at radius 1 is 0.786 bits per heavy atom. The molecule has 0 aromatic heterocycles. The standard InChI is InChI=1S/C23H21NO4/c25-22(26)20-13-7-8-14-21(20)24(16-15-18-9-3-1-4-10-18)23(27)28-17-19-11-5-2-6-12-19/h1-14H,15-17H2,(H,25,26). The molecule has 142 valence electrons. The zero-order chi connectivity index (χ0) is 19.8. The molecule has 0 atom stereocenters. The predicted octanol–water partition coefficient (Wildman–Crippen LogP) is 4.77. The van der Waals surface area contributed by atoms with Gasteiger partial charge in [0.25, 0.3) is 0 Å². The second-order valence-electron chi connectivity index (χ2n) is 6.25. The number of para-hydroxylation sites is 1. The molecule has 0 spiro atoms. The molecule has 1 amide bonds. The quantitative estimate of drug-likeness (QED) is 0.646. The molecule has 0 heterocycles. The number of carboxylic acid groups (broad SMARTS) is 1. The van der Waals surface area contributed by atoms with Crippen molar-refractivity contribution in [1.82, 2.24) is 0 Å². The van der Waals surface area contributed by atoms with Crippen molar-refractivity contribution in [2.75, 3.05) is 11.4 Å². The molecule has 3 aromatic rings. The Labute approximate surface area is 163 Å². The first-order chi connectivity index (χ1) is 13.6. The molecule has 0 saturated carbocycles. The smallest absolute Gasteiger partial charge is 0.414 e. The number of carboxylic acids is 1. The number of benzene rings is 3. The van der Waals surface area contributed by atoms with Crippen LogP contribution in [0.5, 0.6) is 0 Å². The van der Waals surface area contributed by atoms with Crippen molar-refractivity contribution in [2.45, 2.75) is 13.0 Å². The lowest BCUT2D eigenvalue weighted by molar-refractivity contribution is 0.0697. The third kappa shape index (κ3) is 4.98.